The average Bonchev–Trinajstić information content (AvgIpc) is 2.40. The molecule has 1 saturated heterocycles. The molecule has 3 rings (SSSR count). The molecule has 1 aliphatic carbocycles. The van der Waals surface area contributed by atoms with Crippen LogP contribution >= 0.6 is 0 Å². The van der Waals surface area contributed by atoms with Gasteiger partial charge in [0, 0.05) is 36.7 Å². The van der Waals surface area contributed by atoms with Gasteiger partial charge < -0.3 is 10.1 Å². The van der Waals surface area contributed by atoms with E-state index in [0.717, 1.165) is 18.8 Å². The van der Waals surface area contributed by atoms with E-state index < -0.39 is 0 Å². The smallest absolute Gasteiger partial charge is 0.0769 e. The third-order valence-electron chi connectivity index (χ3n) is 4.46. The van der Waals surface area contributed by atoms with E-state index in [1.54, 1.807) is 6.20 Å². The Morgan fingerprint density at radius 1 is 1.50 bits per heavy atom. The number of rotatable bonds is 3. The van der Waals surface area contributed by atoms with E-state index in [-0.39, 0.29) is 5.41 Å². The van der Waals surface area contributed by atoms with Gasteiger partial charge in [-0.1, -0.05) is 13.8 Å². The van der Waals surface area contributed by atoms with Crippen LogP contribution in [0.25, 0.3) is 0 Å². The quantitative estimate of drug-likeness (QED) is 0.884. The van der Waals surface area contributed by atoms with Crippen LogP contribution in [-0.4, -0.2) is 29.0 Å². The molecule has 3 atom stereocenters. The Bertz CT molecular complexity index is 407. The van der Waals surface area contributed by atoms with Gasteiger partial charge in [0.25, 0.3) is 0 Å². The molecule has 2 fully saturated rings. The van der Waals surface area contributed by atoms with Crippen molar-refractivity contribution in [3.05, 3.63) is 24.0 Å². The second kappa shape index (κ2) is 4.59. The summed E-state index contributed by atoms with van der Waals surface area (Å²) in [5, 5.41) is 11.7. The van der Waals surface area contributed by atoms with Crippen LogP contribution in [0.1, 0.15) is 32.4 Å². The van der Waals surface area contributed by atoms with Crippen molar-refractivity contribution in [2.75, 3.05) is 6.61 Å². The summed E-state index contributed by atoms with van der Waals surface area (Å²) in [6.07, 6.45) is 4.62. The Balaban J connectivity index is 1.62. The van der Waals surface area contributed by atoms with Gasteiger partial charge in [-0.2, -0.15) is 10.2 Å². The van der Waals surface area contributed by atoms with Gasteiger partial charge >= 0.3 is 0 Å². The van der Waals surface area contributed by atoms with E-state index in [2.05, 4.69) is 29.4 Å². The number of hydrogen-bond donors (Lipinski definition) is 1. The summed E-state index contributed by atoms with van der Waals surface area (Å²) in [5.74, 6) is 0.672. The topological polar surface area (TPSA) is 47.0 Å². The zero-order valence-corrected chi connectivity index (χ0v) is 11.1. The monoisotopic (exact) mass is 247 g/mol. The van der Waals surface area contributed by atoms with Gasteiger partial charge in [-0.3, -0.25) is 0 Å². The van der Waals surface area contributed by atoms with Crippen molar-refractivity contribution < 1.29 is 4.74 Å². The minimum absolute atomic E-state index is 0.229. The van der Waals surface area contributed by atoms with Crippen molar-refractivity contribution in [1.29, 1.82) is 0 Å². The molecular weight excluding hydrogens is 226 g/mol. The third-order valence-corrected chi connectivity index (χ3v) is 4.46. The van der Waals surface area contributed by atoms with Crippen LogP contribution in [-0.2, 0) is 11.3 Å². The standard InChI is InChI=1S/C14H21N3O/c1-14(2)12(11-6-4-8-18-13(11)14)15-9-10-5-3-7-16-17-10/h3,5,7,11-13,15H,4,6,8-9H2,1-2H3. The summed E-state index contributed by atoms with van der Waals surface area (Å²) in [6.45, 7) is 6.33. The maximum absolute atomic E-state index is 5.91. The first-order chi connectivity index (χ1) is 8.69. The van der Waals surface area contributed by atoms with Gasteiger partial charge in [0.1, 0.15) is 0 Å². The van der Waals surface area contributed by atoms with Crippen molar-refractivity contribution in [2.24, 2.45) is 11.3 Å². The first-order valence-corrected chi connectivity index (χ1v) is 6.81. The Morgan fingerprint density at radius 2 is 2.39 bits per heavy atom. The average molecular weight is 247 g/mol. The summed E-state index contributed by atoms with van der Waals surface area (Å²) in [5.41, 5.74) is 1.24. The zero-order chi connectivity index (χ0) is 12.6. The van der Waals surface area contributed by atoms with E-state index in [9.17, 15) is 0 Å². The third kappa shape index (κ3) is 1.93. The van der Waals surface area contributed by atoms with Crippen molar-refractivity contribution in [1.82, 2.24) is 15.5 Å². The molecule has 1 aliphatic heterocycles. The van der Waals surface area contributed by atoms with Crippen LogP contribution in [0.2, 0.25) is 0 Å². The highest BCUT2D eigenvalue weighted by molar-refractivity contribution is 5.11. The minimum Gasteiger partial charge on any atom is -0.377 e. The van der Waals surface area contributed by atoms with Gasteiger partial charge in [-0.25, -0.2) is 0 Å². The van der Waals surface area contributed by atoms with Gasteiger partial charge in [0.05, 0.1) is 11.8 Å². The molecule has 1 N–H and O–H groups in total. The molecule has 0 spiro atoms. The highest BCUT2D eigenvalue weighted by atomic mass is 16.5. The van der Waals surface area contributed by atoms with Crippen LogP contribution in [0.4, 0.5) is 0 Å². The van der Waals surface area contributed by atoms with Crippen LogP contribution in [0, 0.1) is 11.3 Å². The molecule has 0 radical (unpaired) electrons. The highest BCUT2D eigenvalue weighted by Gasteiger charge is 2.57. The molecule has 1 aromatic heterocycles. The highest BCUT2D eigenvalue weighted by Crippen LogP contribution is 2.51. The van der Waals surface area contributed by atoms with Crippen LogP contribution in [0.3, 0.4) is 0 Å². The molecule has 4 nitrogen and oxygen atoms in total. The molecule has 0 amide bonds. The first-order valence-electron chi connectivity index (χ1n) is 6.81. The lowest BCUT2D eigenvalue weighted by molar-refractivity contribution is -0.193. The normalized spacial score (nSPS) is 33.6. The summed E-state index contributed by atoms with van der Waals surface area (Å²) >= 11 is 0. The van der Waals surface area contributed by atoms with Gasteiger partial charge in [-0.05, 0) is 25.0 Å². The number of aromatic nitrogens is 2. The molecule has 1 aromatic rings. The maximum atomic E-state index is 5.91. The van der Waals surface area contributed by atoms with Crippen molar-refractivity contribution in [3.63, 3.8) is 0 Å². The van der Waals surface area contributed by atoms with E-state index in [1.165, 1.54) is 12.8 Å². The zero-order valence-electron chi connectivity index (χ0n) is 11.1. The van der Waals surface area contributed by atoms with E-state index in [1.807, 2.05) is 12.1 Å². The number of nitrogens with zero attached hydrogens (tertiary/aromatic N) is 2. The molecule has 0 bridgehead atoms. The van der Waals surface area contributed by atoms with Crippen LogP contribution in [0.15, 0.2) is 18.3 Å². The molecule has 0 aromatic carbocycles. The molecule has 1 saturated carbocycles. The van der Waals surface area contributed by atoms with E-state index >= 15 is 0 Å². The lowest BCUT2D eigenvalue weighted by Crippen LogP contribution is -2.69. The number of ether oxygens (including phenoxy) is 1. The maximum Gasteiger partial charge on any atom is 0.0769 e. The lowest BCUT2D eigenvalue weighted by Gasteiger charge is -2.60. The Labute approximate surface area is 108 Å². The summed E-state index contributed by atoms with van der Waals surface area (Å²) < 4.78 is 5.91. The molecule has 4 heteroatoms. The second-order valence-corrected chi connectivity index (χ2v) is 5.99. The first kappa shape index (κ1) is 12.1. The van der Waals surface area contributed by atoms with Gasteiger partial charge in [-0.15, -0.1) is 0 Å². The summed E-state index contributed by atoms with van der Waals surface area (Å²) in [4.78, 5) is 0. The second-order valence-electron chi connectivity index (χ2n) is 5.99. The predicted octanol–water partition coefficient (Wildman–Crippen LogP) is 1.77. The number of fused-ring (bicyclic) bond motifs is 1. The lowest BCUT2D eigenvalue weighted by atomic mass is 9.55. The molecular formula is C14H21N3O. The number of nitrogens with one attached hydrogen (secondary N) is 1. The summed E-state index contributed by atoms with van der Waals surface area (Å²) in [7, 11) is 0. The minimum atomic E-state index is 0.229. The van der Waals surface area contributed by atoms with Crippen molar-refractivity contribution in [3.8, 4) is 0 Å². The fourth-order valence-electron chi connectivity index (χ4n) is 3.58. The van der Waals surface area contributed by atoms with Crippen molar-refractivity contribution in [2.45, 2.75) is 45.4 Å². The SMILES string of the molecule is CC1(C)C(NCc2cccnn2)C2CCCOC21. The molecule has 2 heterocycles. The molecule has 98 valence electrons. The van der Waals surface area contributed by atoms with Crippen LogP contribution < -0.4 is 5.32 Å². The van der Waals surface area contributed by atoms with E-state index in [0.29, 0.717) is 18.1 Å². The fraction of sp³-hybridized carbons (Fsp3) is 0.714. The van der Waals surface area contributed by atoms with E-state index in [4.69, 9.17) is 4.74 Å². The number of hydrogen-bond acceptors (Lipinski definition) is 4. The summed E-state index contributed by atoms with van der Waals surface area (Å²) in [6, 6.07) is 4.48. The predicted molar refractivity (Wildman–Crippen MR) is 68.9 cm³/mol. The van der Waals surface area contributed by atoms with Crippen molar-refractivity contribution >= 4 is 0 Å². The molecule has 2 aliphatic rings. The van der Waals surface area contributed by atoms with Gasteiger partial charge in [0.2, 0.25) is 0 Å². The Hall–Kier alpha value is -1.00. The van der Waals surface area contributed by atoms with Crippen LogP contribution in [0.5, 0.6) is 0 Å². The molecule has 3 unspecified atom stereocenters. The Kier molecular flexibility index (Phi) is 3.08. The fourth-order valence-corrected chi connectivity index (χ4v) is 3.58. The largest absolute Gasteiger partial charge is 0.377 e. The molecule has 18 heavy (non-hydrogen) atoms. The van der Waals surface area contributed by atoms with Gasteiger partial charge in [0.15, 0.2) is 0 Å². The Morgan fingerprint density at radius 3 is 3.17 bits per heavy atom.